The molecule has 0 saturated heterocycles. The highest BCUT2D eigenvalue weighted by molar-refractivity contribution is 5.96. The fourth-order valence-electron chi connectivity index (χ4n) is 3.49. The van der Waals surface area contributed by atoms with E-state index < -0.39 is 11.6 Å². The molecule has 2 N–H and O–H groups in total. The van der Waals surface area contributed by atoms with Gasteiger partial charge < -0.3 is 14.9 Å². The zero-order valence-corrected chi connectivity index (χ0v) is 14.5. The number of fused-ring (bicyclic) bond motifs is 2. The predicted octanol–water partition coefficient (Wildman–Crippen LogP) is 3.53. The third-order valence-corrected chi connectivity index (χ3v) is 4.95. The lowest BCUT2D eigenvalue weighted by molar-refractivity contribution is 0.0475. The third kappa shape index (κ3) is 2.86. The molecule has 5 heteroatoms. The van der Waals surface area contributed by atoms with Crippen LogP contribution in [0.4, 0.5) is 5.69 Å². The van der Waals surface area contributed by atoms with Gasteiger partial charge in [0, 0.05) is 22.7 Å². The van der Waals surface area contributed by atoms with Crippen LogP contribution in [0.2, 0.25) is 0 Å². The van der Waals surface area contributed by atoms with E-state index in [1.165, 1.54) is 17.2 Å². The van der Waals surface area contributed by atoms with Gasteiger partial charge in [0.05, 0.1) is 5.56 Å². The van der Waals surface area contributed by atoms with Crippen molar-refractivity contribution in [3.05, 3.63) is 74.6 Å². The maximum absolute atomic E-state index is 12.4. The van der Waals surface area contributed by atoms with Gasteiger partial charge in [0.15, 0.2) is 0 Å². The number of ether oxygens (including phenoxy) is 1. The molecule has 1 aliphatic rings. The number of aryl methyl sites for hydroxylation is 3. The van der Waals surface area contributed by atoms with Gasteiger partial charge >= 0.3 is 11.6 Å². The quantitative estimate of drug-likeness (QED) is 0.444. The minimum absolute atomic E-state index is 0.00684. The van der Waals surface area contributed by atoms with Crippen LogP contribution < -0.4 is 11.4 Å². The molecule has 0 radical (unpaired) electrons. The highest BCUT2D eigenvalue weighted by Gasteiger charge is 2.17. The topological polar surface area (TPSA) is 82.5 Å². The summed E-state index contributed by atoms with van der Waals surface area (Å²) in [5.41, 5.74) is 10.8. The van der Waals surface area contributed by atoms with E-state index in [9.17, 15) is 9.59 Å². The van der Waals surface area contributed by atoms with Crippen LogP contribution in [-0.2, 0) is 24.2 Å². The van der Waals surface area contributed by atoms with Crippen molar-refractivity contribution in [3.63, 3.8) is 0 Å². The molecule has 0 saturated carbocycles. The van der Waals surface area contributed by atoms with E-state index in [0.29, 0.717) is 22.4 Å². The molecule has 4 rings (SSSR count). The molecule has 2 aromatic carbocycles. The molecule has 0 spiro atoms. The Morgan fingerprint density at radius 1 is 1.19 bits per heavy atom. The summed E-state index contributed by atoms with van der Waals surface area (Å²) in [5, 5.41) is 0.815. The van der Waals surface area contributed by atoms with E-state index >= 15 is 0 Å². The molecular weight excluding hydrogens is 330 g/mol. The second-order valence-corrected chi connectivity index (χ2v) is 6.67. The van der Waals surface area contributed by atoms with E-state index in [-0.39, 0.29) is 6.61 Å². The van der Waals surface area contributed by atoms with Crippen molar-refractivity contribution in [2.24, 2.45) is 0 Å². The van der Waals surface area contributed by atoms with Crippen LogP contribution in [0.1, 0.15) is 39.0 Å². The van der Waals surface area contributed by atoms with Crippen LogP contribution in [0.25, 0.3) is 11.0 Å². The van der Waals surface area contributed by atoms with Gasteiger partial charge in [0.2, 0.25) is 0 Å². The molecule has 26 heavy (non-hydrogen) atoms. The van der Waals surface area contributed by atoms with Gasteiger partial charge in [0.25, 0.3) is 0 Å². The second kappa shape index (κ2) is 6.33. The summed E-state index contributed by atoms with van der Waals surface area (Å²) < 4.78 is 10.8. The lowest BCUT2D eigenvalue weighted by Gasteiger charge is -2.11. The summed E-state index contributed by atoms with van der Waals surface area (Å²) in [6.45, 7) is 1.83. The standard InChI is InChI=1S/C21H19NO4/c1-12-4-2-7-16(20(12)22)21(24)25-11-15-10-19(23)26-18-9-14-6-3-5-13(14)8-17(15)18/h2,4,7-10H,3,5-6,11,22H2,1H3. The first-order chi connectivity index (χ1) is 12.5. The normalized spacial score (nSPS) is 13.0. The number of carbonyl (C=O) groups is 1. The van der Waals surface area contributed by atoms with Gasteiger partial charge in [-0.2, -0.15) is 0 Å². The Morgan fingerprint density at radius 3 is 2.77 bits per heavy atom. The Bertz CT molecular complexity index is 1080. The molecule has 0 bridgehead atoms. The van der Waals surface area contributed by atoms with E-state index in [1.807, 2.05) is 25.1 Å². The maximum atomic E-state index is 12.4. The van der Waals surface area contributed by atoms with Gasteiger partial charge in [0.1, 0.15) is 12.2 Å². The van der Waals surface area contributed by atoms with Crippen LogP contribution in [0.5, 0.6) is 0 Å². The van der Waals surface area contributed by atoms with Gasteiger partial charge in [-0.05, 0) is 61.1 Å². The Labute approximate surface area is 150 Å². The molecule has 0 atom stereocenters. The number of anilines is 1. The predicted molar refractivity (Wildman–Crippen MR) is 99.2 cm³/mol. The lowest BCUT2D eigenvalue weighted by atomic mass is 10.0. The minimum atomic E-state index is -0.506. The Hall–Kier alpha value is -3.08. The zero-order valence-electron chi connectivity index (χ0n) is 14.5. The minimum Gasteiger partial charge on any atom is -0.457 e. The number of nitrogens with two attached hydrogens (primary N) is 1. The van der Waals surface area contributed by atoms with Crippen molar-refractivity contribution in [1.29, 1.82) is 0 Å². The highest BCUT2D eigenvalue weighted by atomic mass is 16.5. The first-order valence-electron chi connectivity index (χ1n) is 8.63. The van der Waals surface area contributed by atoms with Gasteiger partial charge in [-0.15, -0.1) is 0 Å². The average Bonchev–Trinajstić information content (AvgIpc) is 3.07. The van der Waals surface area contributed by atoms with Crippen LogP contribution in [-0.4, -0.2) is 5.97 Å². The van der Waals surface area contributed by atoms with Crippen LogP contribution in [0.15, 0.2) is 45.6 Å². The maximum Gasteiger partial charge on any atom is 0.340 e. The molecule has 1 aromatic heterocycles. The van der Waals surface area contributed by atoms with Gasteiger partial charge in [-0.1, -0.05) is 12.1 Å². The van der Waals surface area contributed by atoms with Crippen molar-refractivity contribution < 1.29 is 13.9 Å². The fourth-order valence-corrected chi connectivity index (χ4v) is 3.49. The summed E-state index contributed by atoms with van der Waals surface area (Å²) in [6.07, 6.45) is 3.12. The van der Waals surface area contributed by atoms with E-state index in [2.05, 4.69) is 0 Å². The number of hydrogen-bond donors (Lipinski definition) is 1. The molecular formula is C21H19NO4. The van der Waals surface area contributed by atoms with Crippen molar-refractivity contribution in [1.82, 2.24) is 0 Å². The van der Waals surface area contributed by atoms with Crippen molar-refractivity contribution in [3.8, 4) is 0 Å². The van der Waals surface area contributed by atoms with Crippen molar-refractivity contribution in [2.75, 3.05) is 5.73 Å². The molecule has 0 aliphatic heterocycles. The summed E-state index contributed by atoms with van der Waals surface area (Å²) in [7, 11) is 0. The van der Waals surface area contributed by atoms with Gasteiger partial charge in [-0.3, -0.25) is 0 Å². The van der Waals surface area contributed by atoms with E-state index in [4.69, 9.17) is 14.9 Å². The first kappa shape index (κ1) is 16.4. The number of rotatable bonds is 3. The molecule has 3 aromatic rings. The molecule has 0 amide bonds. The second-order valence-electron chi connectivity index (χ2n) is 6.67. The Kier molecular flexibility index (Phi) is 3.99. The summed E-state index contributed by atoms with van der Waals surface area (Å²) in [5.74, 6) is -0.506. The molecule has 1 heterocycles. The third-order valence-electron chi connectivity index (χ3n) is 4.95. The van der Waals surface area contributed by atoms with Crippen LogP contribution in [0.3, 0.4) is 0 Å². The number of carbonyl (C=O) groups excluding carboxylic acids is 1. The largest absolute Gasteiger partial charge is 0.457 e. The SMILES string of the molecule is Cc1cccc(C(=O)OCc2cc(=O)oc3cc4c(cc23)CCC4)c1N. The van der Waals surface area contributed by atoms with E-state index in [1.54, 1.807) is 12.1 Å². The zero-order chi connectivity index (χ0) is 18.3. The number of para-hydroxylation sites is 1. The molecule has 1 aliphatic carbocycles. The molecule has 0 fully saturated rings. The Morgan fingerprint density at radius 2 is 1.96 bits per heavy atom. The van der Waals surface area contributed by atoms with E-state index in [0.717, 1.165) is 30.2 Å². The average molecular weight is 349 g/mol. The Balaban J connectivity index is 1.66. The van der Waals surface area contributed by atoms with Crippen molar-refractivity contribution in [2.45, 2.75) is 32.8 Å². The molecule has 0 unspecified atom stereocenters. The number of hydrogen-bond acceptors (Lipinski definition) is 5. The van der Waals surface area contributed by atoms with Crippen LogP contribution in [0, 0.1) is 6.92 Å². The van der Waals surface area contributed by atoms with Crippen molar-refractivity contribution >= 4 is 22.6 Å². The number of nitrogen functional groups attached to an aromatic ring is 1. The molecule has 132 valence electrons. The number of benzene rings is 2. The van der Waals surface area contributed by atoms with Crippen LogP contribution >= 0.6 is 0 Å². The summed E-state index contributed by atoms with van der Waals surface area (Å²) in [4.78, 5) is 24.3. The smallest absolute Gasteiger partial charge is 0.340 e. The number of esters is 1. The first-order valence-corrected chi connectivity index (χ1v) is 8.63. The highest BCUT2D eigenvalue weighted by Crippen LogP contribution is 2.29. The summed E-state index contributed by atoms with van der Waals surface area (Å²) in [6, 6.07) is 10.6. The molecule has 5 nitrogen and oxygen atoms in total. The fraction of sp³-hybridized carbons (Fsp3) is 0.238. The monoisotopic (exact) mass is 349 g/mol. The summed E-state index contributed by atoms with van der Waals surface area (Å²) >= 11 is 0. The van der Waals surface area contributed by atoms with Gasteiger partial charge in [-0.25, -0.2) is 9.59 Å². The lowest BCUT2D eigenvalue weighted by Crippen LogP contribution is -2.10.